The lowest BCUT2D eigenvalue weighted by molar-refractivity contribution is -0.174. The summed E-state index contributed by atoms with van der Waals surface area (Å²) in [6, 6.07) is 0. The van der Waals surface area contributed by atoms with Crippen LogP contribution in [0.2, 0.25) is 0 Å². The lowest BCUT2D eigenvalue weighted by atomic mass is 10.1. The minimum absolute atomic E-state index is 0.364. The van der Waals surface area contributed by atoms with Gasteiger partial charge >= 0.3 is 5.97 Å². The minimum Gasteiger partial charge on any atom is -0.432 e. The number of ether oxygens (including phenoxy) is 2. The Morgan fingerprint density at radius 1 is 1.18 bits per heavy atom. The summed E-state index contributed by atoms with van der Waals surface area (Å²) in [6.45, 7) is 9.86. The molecule has 0 saturated carbocycles. The summed E-state index contributed by atoms with van der Waals surface area (Å²) in [5.41, 5.74) is 0.417. The van der Waals surface area contributed by atoms with Crippen molar-refractivity contribution in [3.05, 3.63) is 12.2 Å². The predicted molar refractivity (Wildman–Crippen MR) is 69.7 cm³/mol. The van der Waals surface area contributed by atoms with Crippen LogP contribution < -0.4 is 0 Å². The molecule has 0 aromatic rings. The normalized spacial score (nSPS) is 12.2. The van der Waals surface area contributed by atoms with Crippen molar-refractivity contribution in [3.63, 3.8) is 0 Å². The Hall–Kier alpha value is -0.830. The van der Waals surface area contributed by atoms with E-state index >= 15 is 0 Å². The molecule has 0 fully saturated rings. The third-order valence-corrected chi connectivity index (χ3v) is 2.48. The fraction of sp³-hybridized carbons (Fsp3) is 0.786. The highest BCUT2D eigenvalue weighted by Crippen LogP contribution is 2.11. The molecule has 0 aliphatic rings. The molecular formula is C14H26O3. The molecule has 0 saturated heterocycles. The Bertz CT molecular complexity index is 224. The number of esters is 1. The fourth-order valence-electron chi connectivity index (χ4n) is 1.50. The topological polar surface area (TPSA) is 35.5 Å². The van der Waals surface area contributed by atoms with Crippen molar-refractivity contribution in [3.8, 4) is 0 Å². The van der Waals surface area contributed by atoms with Crippen molar-refractivity contribution in [1.29, 1.82) is 0 Å². The first kappa shape index (κ1) is 16.2. The van der Waals surface area contributed by atoms with Crippen molar-refractivity contribution >= 4 is 5.97 Å². The quantitative estimate of drug-likeness (QED) is 0.253. The Morgan fingerprint density at radius 3 is 2.35 bits per heavy atom. The predicted octanol–water partition coefficient (Wildman–Crippen LogP) is 3.83. The first-order chi connectivity index (χ1) is 8.11. The maximum atomic E-state index is 11.4. The van der Waals surface area contributed by atoms with E-state index in [1.165, 1.54) is 25.7 Å². The van der Waals surface area contributed by atoms with E-state index < -0.39 is 6.29 Å². The van der Waals surface area contributed by atoms with Crippen LogP contribution in [0.25, 0.3) is 0 Å². The average molecular weight is 242 g/mol. The maximum Gasteiger partial charge on any atom is 0.335 e. The molecule has 0 N–H and O–H groups in total. The second-order valence-electron chi connectivity index (χ2n) is 4.27. The average Bonchev–Trinajstić information content (AvgIpc) is 2.28. The van der Waals surface area contributed by atoms with Crippen LogP contribution in [0, 0.1) is 0 Å². The Morgan fingerprint density at radius 2 is 1.82 bits per heavy atom. The van der Waals surface area contributed by atoms with E-state index in [1.807, 2.05) is 6.92 Å². The van der Waals surface area contributed by atoms with Gasteiger partial charge in [0.1, 0.15) is 0 Å². The zero-order valence-corrected chi connectivity index (χ0v) is 11.5. The van der Waals surface area contributed by atoms with E-state index in [9.17, 15) is 4.79 Å². The van der Waals surface area contributed by atoms with Gasteiger partial charge in [-0.25, -0.2) is 4.79 Å². The highest BCUT2D eigenvalue weighted by atomic mass is 16.7. The van der Waals surface area contributed by atoms with Crippen LogP contribution in [0.3, 0.4) is 0 Å². The van der Waals surface area contributed by atoms with Crippen LogP contribution in [-0.4, -0.2) is 18.9 Å². The molecule has 0 radical (unpaired) electrons. The summed E-state index contributed by atoms with van der Waals surface area (Å²) in [7, 11) is 0. The summed E-state index contributed by atoms with van der Waals surface area (Å²) >= 11 is 0. The van der Waals surface area contributed by atoms with E-state index in [1.54, 1.807) is 6.92 Å². The van der Waals surface area contributed by atoms with E-state index in [-0.39, 0.29) is 5.97 Å². The lowest BCUT2D eigenvalue weighted by Crippen LogP contribution is -2.21. The Kier molecular flexibility index (Phi) is 9.83. The standard InChI is InChI=1S/C14H26O3/c1-5-7-8-9-10-11-13(16-6-2)17-14(15)12(3)4/h13H,3,5-11H2,1-2,4H3. The van der Waals surface area contributed by atoms with E-state index in [0.29, 0.717) is 12.2 Å². The number of rotatable bonds is 10. The van der Waals surface area contributed by atoms with Crippen molar-refractivity contribution in [2.24, 2.45) is 0 Å². The van der Waals surface area contributed by atoms with Gasteiger partial charge in [-0.1, -0.05) is 39.2 Å². The fourth-order valence-corrected chi connectivity index (χ4v) is 1.50. The number of hydrogen-bond acceptors (Lipinski definition) is 3. The van der Waals surface area contributed by atoms with Crippen molar-refractivity contribution in [2.75, 3.05) is 6.61 Å². The summed E-state index contributed by atoms with van der Waals surface area (Å²) in [5.74, 6) is -0.364. The summed E-state index contributed by atoms with van der Waals surface area (Å²) in [4.78, 5) is 11.4. The third-order valence-electron chi connectivity index (χ3n) is 2.48. The van der Waals surface area contributed by atoms with Crippen LogP contribution in [0.5, 0.6) is 0 Å². The molecule has 0 bridgehead atoms. The van der Waals surface area contributed by atoms with E-state index in [0.717, 1.165) is 12.8 Å². The van der Waals surface area contributed by atoms with Gasteiger partial charge in [0, 0.05) is 18.6 Å². The van der Waals surface area contributed by atoms with Gasteiger partial charge in [0.2, 0.25) is 6.29 Å². The van der Waals surface area contributed by atoms with E-state index in [4.69, 9.17) is 9.47 Å². The molecule has 1 atom stereocenters. The second-order valence-corrected chi connectivity index (χ2v) is 4.27. The molecule has 0 amide bonds. The first-order valence-corrected chi connectivity index (χ1v) is 6.59. The number of hydrogen-bond donors (Lipinski definition) is 0. The van der Waals surface area contributed by atoms with Gasteiger partial charge < -0.3 is 9.47 Å². The van der Waals surface area contributed by atoms with E-state index in [2.05, 4.69) is 13.5 Å². The van der Waals surface area contributed by atoms with Gasteiger partial charge in [0.25, 0.3) is 0 Å². The molecule has 0 aliphatic heterocycles. The first-order valence-electron chi connectivity index (χ1n) is 6.59. The minimum atomic E-state index is -0.411. The second kappa shape index (κ2) is 10.3. The zero-order chi connectivity index (χ0) is 13.1. The van der Waals surface area contributed by atoms with Crippen LogP contribution in [-0.2, 0) is 14.3 Å². The van der Waals surface area contributed by atoms with Crippen molar-refractivity contribution in [1.82, 2.24) is 0 Å². The summed E-state index contributed by atoms with van der Waals surface area (Å²) < 4.78 is 10.6. The van der Waals surface area contributed by atoms with Gasteiger partial charge in [-0.3, -0.25) is 0 Å². The van der Waals surface area contributed by atoms with Crippen LogP contribution in [0.1, 0.15) is 59.3 Å². The van der Waals surface area contributed by atoms with Crippen molar-refractivity contribution in [2.45, 2.75) is 65.6 Å². The molecule has 3 heteroatoms. The molecule has 0 aromatic heterocycles. The molecule has 17 heavy (non-hydrogen) atoms. The number of carbonyl (C=O) groups excluding carboxylic acids is 1. The van der Waals surface area contributed by atoms with Gasteiger partial charge in [-0.2, -0.15) is 0 Å². The highest BCUT2D eigenvalue weighted by molar-refractivity contribution is 5.86. The van der Waals surface area contributed by atoms with Crippen LogP contribution in [0.15, 0.2) is 12.2 Å². The monoisotopic (exact) mass is 242 g/mol. The molecule has 0 heterocycles. The highest BCUT2D eigenvalue weighted by Gasteiger charge is 2.14. The molecule has 1 unspecified atom stereocenters. The molecular weight excluding hydrogens is 216 g/mol. The van der Waals surface area contributed by atoms with Gasteiger partial charge in [0.05, 0.1) is 0 Å². The molecule has 3 nitrogen and oxygen atoms in total. The number of unbranched alkanes of at least 4 members (excludes halogenated alkanes) is 4. The zero-order valence-electron chi connectivity index (χ0n) is 11.5. The van der Waals surface area contributed by atoms with Crippen LogP contribution in [0.4, 0.5) is 0 Å². The van der Waals surface area contributed by atoms with Crippen LogP contribution >= 0.6 is 0 Å². The molecule has 0 rings (SSSR count). The molecule has 0 aliphatic carbocycles. The number of carbonyl (C=O) groups is 1. The Labute approximate surface area is 105 Å². The summed E-state index contributed by atoms with van der Waals surface area (Å²) in [6.07, 6.45) is 6.31. The molecule has 0 spiro atoms. The Balaban J connectivity index is 3.81. The largest absolute Gasteiger partial charge is 0.432 e. The lowest BCUT2D eigenvalue weighted by Gasteiger charge is -2.17. The van der Waals surface area contributed by atoms with Gasteiger partial charge in [0.15, 0.2) is 0 Å². The molecule has 100 valence electrons. The van der Waals surface area contributed by atoms with Crippen molar-refractivity contribution < 1.29 is 14.3 Å². The SMILES string of the molecule is C=C(C)C(=O)OC(CCCCCCC)OCC. The van der Waals surface area contributed by atoms with Gasteiger partial charge in [-0.15, -0.1) is 0 Å². The molecule has 0 aromatic carbocycles. The van der Waals surface area contributed by atoms with Gasteiger partial charge in [-0.05, 0) is 20.3 Å². The smallest absolute Gasteiger partial charge is 0.335 e. The summed E-state index contributed by atoms with van der Waals surface area (Å²) in [5, 5.41) is 0. The maximum absolute atomic E-state index is 11.4. The third kappa shape index (κ3) is 8.93.